The van der Waals surface area contributed by atoms with Crippen LogP contribution in [0, 0.1) is 0 Å². The highest BCUT2D eigenvalue weighted by atomic mass is 16.4. The van der Waals surface area contributed by atoms with Gasteiger partial charge in [-0.1, -0.05) is 0 Å². The Morgan fingerprint density at radius 2 is 1.89 bits per heavy atom. The second kappa shape index (κ2) is 5.13. The summed E-state index contributed by atoms with van der Waals surface area (Å²) < 4.78 is 5.07. The number of furan rings is 1. The third-order valence-electron chi connectivity index (χ3n) is 2.96. The van der Waals surface area contributed by atoms with Gasteiger partial charge in [0.25, 0.3) is 0 Å². The van der Waals surface area contributed by atoms with Gasteiger partial charge in [-0.15, -0.1) is 0 Å². The van der Waals surface area contributed by atoms with E-state index in [1.54, 1.807) is 0 Å². The second-order valence-electron chi connectivity index (χ2n) is 4.23. The van der Waals surface area contributed by atoms with Crippen molar-refractivity contribution in [2.75, 3.05) is 19.6 Å². The number of aromatic carboxylic acids is 1. The predicted molar refractivity (Wildman–Crippen MR) is 63.3 cm³/mol. The topological polar surface area (TPSA) is 91.1 Å². The van der Waals surface area contributed by atoms with Crippen molar-refractivity contribution in [3.05, 3.63) is 23.7 Å². The van der Waals surface area contributed by atoms with E-state index in [0.29, 0.717) is 12.3 Å². The molecular weight excluding hydrogens is 252 g/mol. The molecule has 1 aromatic rings. The van der Waals surface area contributed by atoms with Crippen molar-refractivity contribution < 1.29 is 23.9 Å². The van der Waals surface area contributed by atoms with Crippen LogP contribution < -0.4 is 0 Å². The molecule has 1 N–H and O–H groups in total. The van der Waals surface area contributed by atoms with Crippen molar-refractivity contribution in [3.63, 3.8) is 0 Å². The van der Waals surface area contributed by atoms with Gasteiger partial charge >= 0.3 is 5.97 Å². The van der Waals surface area contributed by atoms with Crippen LogP contribution in [0.25, 0.3) is 0 Å². The van der Waals surface area contributed by atoms with Crippen molar-refractivity contribution >= 4 is 17.8 Å². The standard InChI is InChI=1S/C12H14N2O5/c1-2-13-6-11(16)14(7-10(13)15)5-8-3-4-9(19-8)12(17)18/h3-4H,2,5-7H2,1H3,(H,17,18). The van der Waals surface area contributed by atoms with Crippen molar-refractivity contribution in [2.45, 2.75) is 13.5 Å². The summed E-state index contributed by atoms with van der Waals surface area (Å²) in [5.41, 5.74) is 0. The molecule has 0 aromatic carbocycles. The van der Waals surface area contributed by atoms with Gasteiger partial charge in [-0.05, 0) is 19.1 Å². The molecule has 2 rings (SSSR count). The number of carbonyl (C=O) groups is 3. The Kier molecular flexibility index (Phi) is 3.55. The first kappa shape index (κ1) is 13.1. The van der Waals surface area contributed by atoms with Crippen LogP contribution in [0.1, 0.15) is 23.2 Å². The first-order valence-corrected chi connectivity index (χ1v) is 5.88. The fourth-order valence-electron chi connectivity index (χ4n) is 1.90. The van der Waals surface area contributed by atoms with Crippen LogP contribution >= 0.6 is 0 Å². The molecule has 19 heavy (non-hydrogen) atoms. The molecule has 1 aliphatic rings. The van der Waals surface area contributed by atoms with Crippen LogP contribution in [0.5, 0.6) is 0 Å². The third-order valence-corrected chi connectivity index (χ3v) is 2.96. The number of carboxylic acids is 1. The fourth-order valence-corrected chi connectivity index (χ4v) is 1.90. The zero-order valence-electron chi connectivity index (χ0n) is 10.5. The zero-order valence-corrected chi connectivity index (χ0v) is 10.5. The van der Waals surface area contributed by atoms with Gasteiger partial charge in [-0.25, -0.2) is 4.79 Å². The maximum Gasteiger partial charge on any atom is 0.371 e. The number of carbonyl (C=O) groups excluding carboxylic acids is 2. The number of hydrogen-bond donors (Lipinski definition) is 1. The van der Waals surface area contributed by atoms with E-state index in [0.717, 1.165) is 0 Å². The lowest BCUT2D eigenvalue weighted by molar-refractivity contribution is -0.150. The number of likely N-dealkylation sites (N-methyl/N-ethyl adjacent to an activating group) is 1. The molecule has 2 heterocycles. The summed E-state index contributed by atoms with van der Waals surface area (Å²) in [6.45, 7) is 2.47. The predicted octanol–water partition coefficient (Wildman–Crippen LogP) is 0.169. The highest BCUT2D eigenvalue weighted by Crippen LogP contribution is 2.13. The van der Waals surface area contributed by atoms with Gasteiger partial charge in [-0.2, -0.15) is 0 Å². The van der Waals surface area contributed by atoms with Crippen LogP contribution in [-0.2, 0) is 16.1 Å². The molecule has 0 bridgehead atoms. The van der Waals surface area contributed by atoms with Crippen molar-refractivity contribution in [1.82, 2.24) is 9.80 Å². The van der Waals surface area contributed by atoms with E-state index in [1.807, 2.05) is 6.92 Å². The lowest BCUT2D eigenvalue weighted by Gasteiger charge is -2.32. The molecule has 7 nitrogen and oxygen atoms in total. The van der Waals surface area contributed by atoms with E-state index in [2.05, 4.69) is 0 Å². The molecule has 1 saturated heterocycles. The first-order valence-electron chi connectivity index (χ1n) is 5.88. The molecule has 1 fully saturated rings. The molecule has 1 aromatic heterocycles. The number of carboxylic acid groups (broad SMARTS) is 1. The van der Waals surface area contributed by atoms with Gasteiger partial charge in [0.05, 0.1) is 13.1 Å². The van der Waals surface area contributed by atoms with Crippen molar-refractivity contribution in [3.8, 4) is 0 Å². The van der Waals surface area contributed by atoms with Gasteiger partial charge in [0, 0.05) is 6.54 Å². The number of amides is 2. The van der Waals surface area contributed by atoms with Crippen LogP contribution in [-0.4, -0.2) is 52.3 Å². The maximum atomic E-state index is 11.8. The smallest absolute Gasteiger partial charge is 0.371 e. The average molecular weight is 266 g/mol. The van der Waals surface area contributed by atoms with Crippen LogP contribution in [0.3, 0.4) is 0 Å². The monoisotopic (exact) mass is 266 g/mol. The molecule has 2 amide bonds. The molecule has 0 spiro atoms. The number of hydrogen-bond acceptors (Lipinski definition) is 4. The minimum atomic E-state index is -1.16. The summed E-state index contributed by atoms with van der Waals surface area (Å²) in [7, 11) is 0. The van der Waals surface area contributed by atoms with Crippen LogP contribution in [0.15, 0.2) is 16.5 Å². The van der Waals surface area contributed by atoms with E-state index < -0.39 is 5.97 Å². The average Bonchev–Trinajstić information content (AvgIpc) is 2.82. The number of piperazine rings is 1. The number of nitrogens with zero attached hydrogens (tertiary/aromatic N) is 2. The minimum absolute atomic E-state index is 0.00419. The van der Waals surface area contributed by atoms with Crippen LogP contribution in [0.4, 0.5) is 0 Å². The van der Waals surface area contributed by atoms with Gasteiger partial charge < -0.3 is 19.3 Å². The highest BCUT2D eigenvalue weighted by molar-refractivity contribution is 5.92. The minimum Gasteiger partial charge on any atom is -0.475 e. The molecular formula is C12H14N2O5. The molecule has 1 aliphatic heterocycles. The Hall–Kier alpha value is -2.31. The van der Waals surface area contributed by atoms with Gasteiger partial charge in [0.2, 0.25) is 17.6 Å². The lowest BCUT2D eigenvalue weighted by Crippen LogP contribution is -2.53. The van der Waals surface area contributed by atoms with Gasteiger partial charge in [-0.3, -0.25) is 9.59 Å². The molecule has 0 radical (unpaired) electrons. The first-order chi connectivity index (χ1) is 9.01. The Bertz CT molecular complexity index is 522. The normalized spacial score (nSPS) is 16.1. The van der Waals surface area contributed by atoms with E-state index in [9.17, 15) is 14.4 Å². The second-order valence-corrected chi connectivity index (χ2v) is 4.23. The lowest BCUT2D eigenvalue weighted by atomic mass is 10.2. The van der Waals surface area contributed by atoms with E-state index in [4.69, 9.17) is 9.52 Å². The Morgan fingerprint density at radius 3 is 2.47 bits per heavy atom. The molecule has 7 heteroatoms. The Balaban J connectivity index is 2.04. The Labute approximate surface area is 109 Å². The molecule has 0 atom stereocenters. The SMILES string of the molecule is CCN1CC(=O)N(Cc2ccc(C(=O)O)o2)CC1=O. The van der Waals surface area contributed by atoms with Gasteiger partial charge in [0.1, 0.15) is 12.3 Å². The van der Waals surface area contributed by atoms with E-state index in [1.165, 1.54) is 21.9 Å². The summed E-state index contributed by atoms with van der Waals surface area (Å²) in [5.74, 6) is -1.28. The molecule has 0 unspecified atom stereocenters. The largest absolute Gasteiger partial charge is 0.475 e. The summed E-state index contributed by atoms with van der Waals surface area (Å²) in [5, 5.41) is 8.73. The van der Waals surface area contributed by atoms with E-state index in [-0.39, 0.29) is 37.2 Å². The molecule has 102 valence electrons. The quantitative estimate of drug-likeness (QED) is 0.838. The molecule has 0 aliphatic carbocycles. The van der Waals surface area contributed by atoms with E-state index >= 15 is 0 Å². The van der Waals surface area contributed by atoms with Crippen molar-refractivity contribution in [1.29, 1.82) is 0 Å². The zero-order chi connectivity index (χ0) is 14.0. The third kappa shape index (κ3) is 2.75. The Morgan fingerprint density at radius 1 is 1.26 bits per heavy atom. The fraction of sp³-hybridized carbons (Fsp3) is 0.417. The van der Waals surface area contributed by atoms with Gasteiger partial charge in [0.15, 0.2) is 0 Å². The summed E-state index contributed by atoms with van der Waals surface area (Å²) >= 11 is 0. The number of rotatable bonds is 4. The molecule has 0 saturated carbocycles. The highest BCUT2D eigenvalue weighted by Gasteiger charge is 2.29. The van der Waals surface area contributed by atoms with Crippen LogP contribution in [0.2, 0.25) is 0 Å². The maximum absolute atomic E-state index is 11.8. The van der Waals surface area contributed by atoms with Crippen molar-refractivity contribution in [2.24, 2.45) is 0 Å². The summed E-state index contributed by atoms with van der Waals surface area (Å²) in [6, 6.07) is 2.82. The summed E-state index contributed by atoms with van der Waals surface area (Å²) in [4.78, 5) is 37.0. The summed E-state index contributed by atoms with van der Waals surface area (Å²) in [6.07, 6.45) is 0.